The Morgan fingerprint density at radius 2 is 1.29 bits per heavy atom. The highest BCUT2D eigenvalue weighted by molar-refractivity contribution is 4.77. The van der Waals surface area contributed by atoms with Crippen molar-refractivity contribution in [2.24, 2.45) is 0 Å². The second kappa shape index (κ2) is 9.20. The second-order valence-corrected chi connectivity index (χ2v) is 1.29. The summed E-state index contributed by atoms with van der Waals surface area (Å²) in [6.45, 7) is 4.29. The van der Waals surface area contributed by atoms with Gasteiger partial charge in [0.1, 0.15) is 0 Å². The quantitative estimate of drug-likeness (QED) is 0.474. The van der Waals surface area contributed by atoms with E-state index in [1.54, 1.807) is 0 Å². The van der Waals surface area contributed by atoms with Crippen molar-refractivity contribution in [2.75, 3.05) is 0 Å². The van der Waals surface area contributed by atoms with Crippen LogP contribution in [0.15, 0.2) is 12.2 Å². The van der Waals surface area contributed by atoms with Gasteiger partial charge >= 0.3 is 0 Å². The summed E-state index contributed by atoms with van der Waals surface area (Å²) in [5, 5.41) is 0. The molecule has 7 heavy (non-hydrogen) atoms. The molecule has 1 nitrogen and oxygen atoms in total. The fourth-order valence-corrected chi connectivity index (χ4v) is 0.333. The van der Waals surface area contributed by atoms with Crippen LogP contribution in [0, 0.1) is 0 Å². The van der Waals surface area contributed by atoms with Crippen LogP contribution in [0.3, 0.4) is 0 Å². The highest BCUT2D eigenvalue weighted by Gasteiger charge is 1.60. The zero-order valence-electron chi connectivity index (χ0n) is 5.07. The Kier molecular flexibility index (Phi) is 12.9. The molecule has 0 saturated heterocycles. The Balaban J connectivity index is 0. The van der Waals surface area contributed by atoms with Gasteiger partial charge in [-0.3, -0.25) is 0 Å². The first-order valence-electron chi connectivity index (χ1n) is 2.56. The molecule has 0 saturated carbocycles. The van der Waals surface area contributed by atoms with Gasteiger partial charge in [-0.05, 0) is 12.8 Å². The molecule has 2 N–H and O–H groups in total. The molecule has 0 spiro atoms. The van der Waals surface area contributed by atoms with Crippen LogP contribution >= 0.6 is 0 Å². The number of allylic oxidation sites excluding steroid dienone is 2. The molecule has 44 valence electrons. The lowest BCUT2D eigenvalue weighted by Crippen LogP contribution is -1.51. The van der Waals surface area contributed by atoms with E-state index >= 15 is 0 Å². The molecule has 0 atom stereocenters. The molecular weight excluding hydrogens is 88.1 g/mol. The smallest absolute Gasteiger partial charge is 0.0379 e. The van der Waals surface area contributed by atoms with Gasteiger partial charge in [-0.15, -0.1) is 0 Å². The zero-order valence-corrected chi connectivity index (χ0v) is 5.07. The summed E-state index contributed by atoms with van der Waals surface area (Å²) in [6.07, 6.45) is 6.71. The van der Waals surface area contributed by atoms with Crippen LogP contribution in [0.2, 0.25) is 0 Å². The maximum atomic E-state index is 2.18. The molecule has 0 aliphatic heterocycles. The third kappa shape index (κ3) is 10.7. The average Bonchev–Trinajstić information content (AvgIpc) is 1.61. The van der Waals surface area contributed by atoms with E-state index in [-0.39, 0.29) is 5.48 Å². The number of hydrogen-bond donors (Lipinski definition) is 0. The maximum absolute atomic E-state index is 2.18. The number of hydrogen-bond acceptors (Lipinski definition) is 0. The summed E-state index contributed by atoms with van der Waals surface area (Å²) in [5.74, 6) is 0. The van der Waals surface area contributed by atoms with E-state index in [1.807, 2.05) is 0 Å². The van der Waals surface area contributed by atoms with Crippen LogP contribution in [0.4, 0.5) is 0 Å². The molecular formula is C6H14O. The topological polar surface area (TPSA) is 31.5 Å². The first-order chi connectivity index (χ1) is 2.91. The van der Waals surface area contributed by atoms with E-state index < -0.39 is 0 Å². The molecule has 0 radical (unpaired) electrons. The van der Waals surface area contributed by atoms with E-state index in [4.69, 9.17) is 0 Å². The minimum atomic E-state index is 0. The van der Waals surface area contributed by atoms with E-state index in [1.165, 1.54) is 12.8 Å². The molecule has 1 heteroatoms. The van der Waals surface area contributed by atoms with Crippen molar-refractivity contribution < 1.29 is 5.48 Å². The van der Waals surface area contributed by atoms with E-state index in [0.29, 0.717) is 0 Å². The zero-order chi connectivity index (χ0) is 4.83. The summed E-state index contributed by atoms with van der Waals surface area (Å²) >= 11 is 0. The molecule has 0 amide bonds. The summed E-state index contributed by atoms with van der Waals surface area (Å²) in [6, 6.07) is 0. The minimum Gasteiger partial charge on any atom is -0.412 e. The molecule has 0 aliphatic rings. The van der Waals surface area contributed by atoms with Crippen LogP contribution in [0.25, 0.3) is 0 Å². The minimum absolute atomic E-state index is 0. The molecule has 0 heterocycles. The highest BCUT2D eigenvalue weighted by Crippen LogP contribution is 1.81. The van der Waals surface area contributed by atoms with Crippen LogP contribution in [0.5, 0.6) is 0 Å². The molecule has 0 bridgehead atoms. The maximum Gasteiger partial charge on any atom is -0.0379 e. The van der Waals surface area contributed by atoms with E-state index in [2.05, 4.69) is 26.0 Å². The van der Waals surface area contributed by atoms with Crippen molar-refractivity contribution in [3.63, 3.8) is 0 Å². The summed E-state index contributed by atoms with van der Waals surface area (Å²) in [4.78, 5) is 0. The molecule has 0 rings (SSSR count). The molecule has 0 aromatic carbocycles. The van der Waals surface area contributed by atoms with Crippen LogP contribution in [-0.2, 0) is 0 Å². The Morgan fingerprint density at radius 1 is 1.00 bits per heavy atom. The highest BCUT2D eigenvalue weighted by atomic mass is 16.0. The van der Waals surface area contributed by atoms with Gasteiger partial charge in [-0.2, -0.15) is 0 Å². The fraction of sp³-hybridized carbons (Fsp3) is 0.667. The molecule has 0 fully saturated rings. The van der Waals surface area contributed by atoms with Gasteiger partial charge < -0.3 is 5.48 Å². The normalized spacial score (nSPS) is 8.86. The Hall–Kier alpha value is -0.300. The first-order valence-corrected chi connectivity index (χ1v) is 2.56. The van der Waals surface area contributed by atoms with Gasteiger partial charge in [-0.25, -0.2) is 0 Å². The van der Waals surface area contributed by atoms with E-state index in [9.17, 15) is 0 Å². The summed E-state index contributed by atoms with van der Waals surface area (Å²) < 4.78 is 0. The van der Waals surface area contributed by atoms with Crippen LogP contribution < -0.4 is 0 Å². The van der Waals surface area contributed by atoms with Gasteiger partial charge in [0.15, 0.2) is 0 Å². The average molecular weight is 102 g/mol. The van der Waals surface area contributed by atoms with Crippen LogP contribution in [-0.4, -0.2) is 5.48 Å². The lowest BCUT2D eigenvalue weighted by atomic mass is 10.4. The van der Waals surface area contributed by atoms with Gasteiger partial charge in [0.2, 0.25) is 0 Å². The predicted octanol–water partition coefficient (Wildman–Crippen LogP) is 1.54. The Morgan fingerprint density at radius 3 is 1.43 bits per heavy atom. The van der Waals surface area contributed by atoms with Crippen molar-refractivity contribution in [3.8, 4) is 0 Å². The van der Waals surface area contributed by atoms with Crippen molar-refractivity contribution in [3.05, 3.63) is 12.2 Å². The third-order valence-corrected chi connectivity index (χ3v) is 0.638. The van der Waals surface area contributed by atoms with Gasteiger partial charge in [0, 0.05) is 0 Å². The monoisotopic (exact) mass is 102 g/mol. The number of rotatable bonds is 2. The summed E-state index contributed by atoms with van der Waals surface area (Å²) in [7, 11) is 0. The standard InChI is InChI=1S/C6H12.H2O/c1-3-5-6-4-2;/h5-6H,3-4H2,1-2H3;1H2. The lowest BCUT2D eigenvalue weighted by molar-refractivity contribution is 0.824. The van der Waals surface area contributed by atoms with Crippen molar-refractivity contribution in [1.29, 1.82) is 0 Å². The molecule has 0 aliphatic carbocycles. The van der Waals surface area contributed by atoms with Crippen molar-refractivity contribution >= 4 is 0 Å². The lowest BCUT2D eigenvalue weighted by Gasteiger charge is -1.72. The van der Waals surface area contributed by atoms with Gasteiger partial charge in [0.25, 0.3) is 0 Å². The second-order valence-electron chi connectivity index (χ2n) is 1.29. The molecule has 0 aromatic rings. The summed E-state index contributed by atoms with van der Waals surface area (Å²) in [5.41, 5.74) is 0. The molecule has 0 unspecified atom stereocenters. The SMILES string of the molecule is CCC=CCC.O. The largest absolute Gasteiger partial charge is 0.412 e. The fourth-order valence-electron chi connectivity index (χ4n) is 0.333. The predicted molar refractivity (Wildman–Crippen MR) is 33.3 cm³/mol. The first kappa shape index (κ1) is 9.85. The van der Waals surface area contributed by atoms with Gasteiger partial charge in [-0.1, -0.05) is 26.0 Å². The molecule has 0 aromatic heterocycles. The van der Waals surface area contributed by atoms with Crippen molar-refractivity contribution in [2.45, 2.75) is 26.7 Å². The Bertz CT molecular complexity index is 33.4. The van der Waals surface area contributed by atoms with E-state index in [0.717, 1.165) is 0 Å². The Labute approximate surface area is 45.4 Å². The van der Waals surface area contributed by atoms with Gasteiger partial charge in [0.05, 0.1) is 0 Å². The third-order valence-electron chi connectivity index (χ3n) is 0.638. The van der Waals surface area contributed by atoms with Crippen molar-refractivity contribution in [1.82, 2.24) is 0 Å². The van der Waals surface area contributed by atoms with Crippen LogP contribution in [0.1, 0.15) is 26.7 Å².